The topological polar surface area (TPSA) is 18.5 Å². The molecule has 3 heteroatoms. The number of methoxy groups -OCH3 is 1. The Morgan fingerprint density at radius 1 is 0.864 bits per heavy atom. The minimum atomic E-state index is -0.420. The van der Waals surface area contributed by atoms with Crippen LogP contribution in [0.4, 0.5) is 0 Å². The molecule has 0 heterocycles. The number of hydrogen-bond donors (Lipinski definition) is 0. The standard InChI is InChI=1S/C19H25O2P/c1-16(2)19(21-15-20-3)14-22(17-10-6-4-7-11-17)18-12-8-5-9-13-18/h4-13,16,19H,14-15H2,1-3H3/t19-/m1/s1. The van der Waals surface area contributed by atoms with Crippen LogP contribution in [-0.2, 0) is 9.47 Å². The van der Waals surface area contributed by atoms with Gasteiger partial charge in [0.25, 0.3) is 0 Å². The Morgan fingerprint density at radius 3 is 1.77 bits per heavy atom. The quantitative estimate of drug-likeness (QED) is 0.545. The predicted octanol–water partition coefficient (Wildman–Crippen LogP) is 3.76. The van der Waals surface area contributed by atoms with Crippen LogP contribution in [0.25, 0.3) is 0 Å². The average molecular weight is 316 g/mol. The van der Waals surface area contributed by atoms with Crippen molar-refractivity contribution in [3.63, 3.8) is 0 Å². The lowest BCUT2D eigenvalue weighted by Crippen LogP contribution is -2.28. The van der Waals surface area contributed by atoms with Crippen molar-refractivity contribution < 1.29 is 9.47 Å². The highest BCUT2D eigenvalue weighted by atomic mass is 31.1. The molecule has 0 aliphatic rings. The summed E-state index contributed by atoms with van der Waals surface area (Å²) in [5.74, 6) is 0.465. The molecule has 0 unspecified atom stereocenters. The molecule has 2 rings (SSSR count). The Labute approximate surface area is 135 Å². The van der Waals surface area contributed by atoms with Gasteiger partial charge in [-0.05, 0) is 24.4 Å². The first-order chi connectivity index (χ1) is 10.7. The predicted molar refractivity (Wildman–Crippen MR) is 95.5 cm³/mol. The third-order valence-corrected chi connectivity index (χ3v) is 6.21. The van der Waals surface area contributed by atoms with E-state index in [2.05, 4.69) is 74.5 Å². The SMILES string of the molecule is COCO[C@H](CP(c1ccccc1)c1ccccc1)C(C)C. The van der Waals surface area contributed by atoms with Crippen molar-refractivity contribution in [3.8, 4) is 0 Å². The van der Waals surface area contributed by atoms with E-state index in [1.54, 1.807) is 7.11 Å². The zero-order chi connectivity index (χ0) is 15.8. The van der Waals surface area contributed by atoms with E-state index in [0.29, 0.717) is 12.7 Å². The molecular formula is C19H25O2P. The van der Waals surface area contributed by atoms with Crippen LogP contribution in [0.15, 0.2) is 60.7 Å². The van der Waals surface area contributed by atoms with Crippen molar-refractivity contribution >= 4 is 18.5 Å². The third kappa shape index (κ3) is 4.91. The fourth-order valence-electron chi connectivity index (χ4n) is 2.37. The maximum Gasteiger partial charge on any atom is 0.146 e. The van der Waals surface area contributed by atoms with Crippen LogP contribution in [0.5, 0.6) is 0 Å². The molecule has 0 fully saturated rings. The van der Waals surface area contributed by atoms with Crippen LogP contribution in [0.2, 0.25) is 0 Å². The summed E-state index contributed by atoms with van der Waals surface area (Å²) in [5.41, 5.74) is 0. The molecule has 0 N–H and O–H groups in total. The maximum atomic E-state index is 5.92. The summed E-state index contributed by atoms with van der Waals surface area (Å²) >= 11 is 0. The second-order valence-corrected chi connectivity index (χ2v) is 7.89. The fourth-order valence-corrected chi connectivity index (χ4v) is 5.04. The van der Waals surface area contributed by atoms with Crippen LogP contribution in [0.3, 0.4) is 0 Å². The van der Waals surface area contributed by atoms with Gasteiger partial charge in [0.15, 0.2) is 0 Å². The Bertz CT molecular complexity index is 488. The summed E-state index contributed by atoms with van der Waals surface area (Å²) in [5, 5.41) is 2.80. The Balaban J connectivity index is 2.24. The van der Waals surface area contributed by atoms with E-state index in [0.717, 1.165) is 6.16 Å². The third-order valence-electron chi connectivity index (χ3n) is 3.64. The smallest absolute Gasteiger partial charge is 0.146 e. The Hall–Kier alpha value is -1.21. The van der Waals surface area contributed by atoms with Gasteiger partial charge in [-0.25, -0.2) is 0 Å². The molecule has 0 aliphatic heterocycles. The van der Waals surface area contributed by atoms with Crippen LogP contribution in [0, 0.1) is 5.92 Å². The van der Waals surface area contributed by atoms with Crippen LogP contribution >= 0.6 is 7.92 Å². The van der Waals surface area contributed by atoms with Crippen molar-refractivity contribution in [3.05, 3.63) is 60.7 Å². The Kier molecular flexibility index (Phi) is 7.05. The van der Waals surface area contributed by atoms with Gasteiger partial charge in [0.05, 0.1) is 6.10 Å². The van der Waals surface area contributed by atoms with Crippen LogP contribution in [-0.4, -0.2) is 26.2 Å². The molecule has 118 valence electrons. The largest absolute Gasteiger partial charge is 0.359 e. The lowest BCUT2D eigenvalue weighted by atomic mass is 10.1. The molecule has 0 saturated carbocycles. The van der Waals surface area contributed by atoms with E-state index in [1.807, 2.05) is 0 Å². The first kappa shape index (κ1) is 17.1. The molecule has 2 aromatic carbocycles. The summed E-state index contributed by atoms with van der Waals surface area (Å²) in [6.45, 7) is 4.78. The first-order valence-corrected chi connectivity index (χ1v) is 9.23. The van der Waals surface area contributed by atoms with Gasteiger partial charge in [0.1, 0.15) is 6.79 Å². The summed E-state index contributed by atoms with van der Waals surface area (Å²) in [6.07, 6.45) is 1.22. The fraction of sp³-hybridized carbons (Fsp3) is 0.368. The van der Waals surface area contributed by atoms with E-state index in [1.165, 1.54) is 10.6 Å². The van der Waals surface area contributed by atoms with Gasteiger partial charge in [-0.3, -0.25) is 0 Å². The van der Waals surface area contributed by atoms with Gasteiger partial charge < -0.3 is 9.47 Å². The molecule has 0 radical (unpaired) electrons. The second-order valence-electron chi connectivity index (χ2n) is 5.64. The lowest BCUT2D eigenvalue weighted by molar-refractivity contribution is -0.0776. The van der Waals surface area contributed by atoms with Gasteiger partial charge in [0, 0.05) is 13.3 Å². The first-order valence-electron chi connectivity index (χ1n) is 7.70. The number of ether oxygens (including phenoxy) is 2. The van der Waals surface area contributed by atoms with Crippen molar-refractivity contribution in [1.29, 1.82) is 0 Å². The van der Waals surface area contributed by atoms with E-state index >= 15 is 0 Å². The summed E-state index contributed by atoms with van der Waals surface area (Å²) in [6, 6.07) is 21.5. The van der Waals surface area contributed by atoms with Crippen molar-refractivity contribution in [2.24, 2.45) is 5.92 Å². The molecule has 0 spiro atoms. The normalized spacial score (nSPS) is 12.8. The molecule has 0 aromatic heterocycles. The average Bonchev–Trinajstić information content (AvgIpc) is 2.56. The highest BCUT2D eigenvalue weighted by Crippen LogP contribution is 2.36. The van der Waals surface area contributed by atoms with E-state index in [9.17, 15) is 0 Å². The monoisotopic (exact) mass is 316 g/mol. The minimum absolute atomic E-state index is 0.200. The van der Waals surface area contributed by atoms with Crippen molar-refractivity contribution in [2.45, 2.75) is 20.0 Å². The molecule has 2 nitrogen and oxygen atoms in total. The van der Waals surface area contributed by atoms with E-state index in [-0.39, 0.29) is 6.10 Å². The minimum Gasteiger partial charge on any atom is -0.359 e. The number of rotatable bonds is 8. The van der Waals surface area contributed by atoms with Gasteiger partial charge in [0.2, 0.25) is 0 Å². The summed E-state index contributed by atoms with van der Waals surface area (Å²) < 4.78 is 11.0. The van der Waals surface area contributed by atoms with Crippen molar-refractivity contribution in [2.75, 3.05) is 20.1 Å². The number of benzene rings is 2. The van der Waals surface area contributed by atoms with Crippen LogP contribution < -0.4 is 10.6 Å². The molecule has 0 saturated heterocycles. The van der Waals surface area contributed by atoms with Crippen LogP contribution in [0.1, 0.15) is 13.8 Å². The molecular weight excluding hydrogens is 291 g/mol. The zero-order valence-corrected chi connectivity index (χ0v) is 14.5. The highest BCUT2D eigenvalue weighted by molar-refractivity contribution is 7.73. The lowest BCUT2D eigenvalue weighted by Gasteiger charge is -2.27. The molecule has 1 atom stereocenters. The second kappa shape index (κ2) is 9.05. The van der Waals surface area contributed by atoms with E-state index in [4.69, 9.17) is 9.47 Å². The Morgan fingerprint density at radius 2 is 1.36 bits per heavy atom. The molecule has 0 aliphatic carbocycles. The molecule has 0 amide bonds. The van der Waals surface area contributed by atoms with Gasteiger partial charge >= 0.3 is 0 Å². The van der Waals surface area contributed by atoms with E-state index < -0.39 is 7.92 Å². The molecule has 22 heavy (non-hydrogen) atoms. The molecule has 2 aromatic rings. The highest BCUT2D eigenvalue weighted by Gasteiger charge is 2.22. The maximum absolute atomic E-state index is 5.92. The van der Waals surface area contributed by atoms with Crippen molar-refractivity contribution in [1.82, 2.24) is 0 Å². The molecule has 0 bridgehead atoms. The summed E-state index contributed by atoms with van der Waals surface area (Å²) in [7, 11) is 1.26. The van der Waals surface area contributed by atoms with Gasteiger partial charge in [-0.15, -0.1) is 0 Å². The number of hydrogen-bond acceptors (Lipinski definition) is 2. The summed E-state index contributed by atoms with van der Waals surface area (Å²) in [4.78, 5) is 0. The van der Waals surface area contributed by atoms with Gasteiger partial charge in [-0.2, -0.15) is 0 Å². The zero-order valence-electron chi connectivity index (χ0n) is 13.6. The van der Waals surface area contributed by atoms with Gasteiger partial charge in [-0.1, -0.05) is 74.5 Å².